The van der Waals surface area contributed by atoms with Crippen molar-refractivity contribution in [1.82, 2.24) is 0 Å². The Kier molecular flexibility index (Phi) is 148. The lowest BCUT2D eigenvalue weighted by molar-refractivity contribution is 1.09. The van der Waals surface area contributed by atoms with Crippen LogP contribution in [0.5, 0.6) is 0 Å². The van der Waals surface area contributed by atoms with Crippen molar-refractivity contribution in [3.05, 3.63) is 0 Å². The number of aliphatic imine (C=N–C) groups is 1. The Morgan fingerprint density at radius 1 is 1.08 bits per heavy atom. The number of hydrogen-bond donors (Lipinski definition) is 2. The number of rotatable bonds is 0. The maximum absolute atomic E-state index is 4.82. The fourth-order valence-corrected chi connectivity index (χ4v) is 0. The zero-order valence-electron chi connectivity index (χ0n) is 9.81. The van der Waals surface area contributed by atoms with Crippen LogP contribution in [0.1, 0.15) is 56.8 Å². The number of nitrogens with two attached hydrogens (primary N) is 2. The molecule has 3 nitrogen and oxygen atoms in total. The molecule has 0 amide bonds. The minimum absolute atomic E-state index is 0. The first-order valence-electron chi connectivity index (χ1n) is 4.66. The summed E-state index contributed by atoms with van der Waals surface area (Å²) in [5.41, 5.74) is 9.64. The predicted octanol–water partition coefficient (Wildman–Crippen LogP) is 3.24. The summed E-state index contributed by atoms with van der Waals surface area (Å²) in [5.74, 6) is 0.130. The maximum Gasteiger partial charge on any atom is 0.185 e. The molecule has 0 fully saturated rings. The summed E-state index contributed by atoms with van der Waals surface area (Å²) in [7, 11) is 1.54. The van der Waals surface area contributed by atoms with Crippen LogP contribution in [-0.2, 0) is 0 Å². The largest absolute Gasteiger partial charge is 0.370 e. The predicted molar refractivity (Wildman–Crippen MR) is 69.2 cm³/mol. The van der Waals surface area contributed by atoms with Crippen LogP contribution < -0.4 is 11.5 Å². The van der Waals surface area contributed by atoms with Gasteiger partial charge >= 0.3 is 0 Å². The van der Waals surface area contributed by atoms with E-state index in [9.17, 15) is 0 Å². The van der Waals surface area contributed by atoms with Crippen LogP contribution in [0.3, 0.4) is 0 Å². The average molecular weight is 196 g/mol. The van der Waals surface area contributed by atoms with Gasteiger partial charge in [0.05, 0.1) is 0 Å². The molecule has 0 heterocycles. The zero-order valence-corrected chi connectivity index (χ0v) is 9.81. The van der Waals surface area contributed by atoms with Gasteiger partial charge in [-0.1, -0.05) is 55.4 Å². The Balaban J connectivity index is -0.0000000159. The van der Waals surface area contributed by atoms with Gasteiger partial charge < -0.3 is 11.5 Å². The van der Waals surface area contributed by atoms with Crippen LogP contribution >= 0.6 is 0 Å². The third-order valence-electron chi connectivity index (χ3n) is 0.258. The lowest BCUT2D eigenvalue weighted by atomic mass is 10.6. The molecule has 0 atom stereocenters. The minimum Gasteiger partial charge on any atom is -0.370 e. The summed E-state index contributed by atoms with van der Waals surface area (Å²) >= 11 is 0. The minimum atomic E-state index is 0. The summed E-state index contributed by atoms with van der Waals surface area (Å²) in [6, 6.07) is 0. The van der Waals surface area contributed by atoms with Crippen molar-refractivity contribution in [1.29, 1.82) is 0 Å². The van der Waals surface area contributed by atoms with E-state index in [1.165, 1.54) is 13.5 Å². The van der Waals surface area contributed by atoms with Crippen molar-refractivity contribution in [2.24, 2.45) is 16.5 Å². The van der Waals surface area contributed by atoms with Crippen molar-refractivity contribution in [2.45, 2.75) is 55.4 Å². The van der Waals surface area contributed by atoms with Gasteiger partial charge in [0.25, 0.3) is 0 Å². The van der Waals surface area contributed by atoms with Gasteiger partial charge in [0.1, 0.15) is 0 Å². The molecule has 0 aromatic carbocycles. The van der Waals surface area contributed by atoms with Crippen molar-refractivity contribution < 1.29 is 1.43 Å². The highest BCUT2D eigenvalue weighted by atomic mass is 15.0. The molecular formula is C10H33N3. The standard InChI is InChI=1S/C3H8.C2H7N3.2C2H6.CH4.H2/c1-3-2;1-5-2(3)4;2*1-2;;/h3H2,1-2H3;1H3,(H4,3,4,5);2*1-2H3;1H4;1H/i;;;;;1+1. The molecule has 0 bridgehead atoms. The Bertz CT molecular complexity index is 62.4. The lowest BCUT2D eigenvalue weighted by Crippen LogP contribution is -2.21. The smallest absolute Gasteiger partial charge is 0.185 e. The van der Waals surface area contributed by atoms with Gasteiger partial charge in [0, 0.05) is 8.47 Å². The first-order valence-corrected chi connectivity index (χ1v) is 4.66. The molecule has 0 saturated heterocycles. The average Bonchev–Trinajstić information content (AvgIpc) is 2.13. The van der Waals surface area contributed by atoms with Crippen molar-refractivity contribution in [2.75, 3.05) is 7.05 Å². The molecule has 0 aliphatic heterocycles. The van der Waals surface area contributed by atoms with Gasteiger partial charge in [-0.3, -0.25) is 4.99 Å². The van der Waals surface area contributed by atoms with E-state index in [1.54, 1.807) is 0 Å². The molecule has 13 heavy (non-hydrogen) atoms. The van der Waals surface area contributed by atoms with Crippen molar-refractivity contribution >= 4 is 5.96 Å². The molecule has 0 aromatic heterocycles. The third kappa shape index (κ3) is 600. The number of guanidine groups is 1. The molecule has 0 aliphatic rings. The Hall–Kier alpha value is -0.730. The molecule has 0 aliphatic carbocycles. The van der Waals surface area contributed by atoms with Crippen LogP contribution in [0, 0.1) is 0 Å². The maximum atomic E-state index is 4.82. The van der Waals surface area contributed by atoms with Crippen LogP contribution in [0.25, 0.3) is 0 Å². The molecule has 0 aromatic rings. The Morgan fingerprint density at radius 2 is 1.15 bits per heavy atom. The van der Waals surface area contributed by atoms with E-state index < -0.39 is 0 Å². The second-order valence-electron chi connectivity index (χ2n) is 1.36. The molecule has 4 N–H and O–H groups in total. The quantitative estimate of drug-likeness (QED) is 0.461. The summed E-state index contributed by atoms with van der Waals surface area (Å²) in [6.07, 6.45) is 1.25. The first kappa shape index (κ1) is 29.5. The normalized spacial score (nSPS) is 4.85. The van der Waals surface area contributed by atoms with Crippen LogP contribution in [0.4, 0.5) is 0 Å². The molecule has 88 valence electrons. The van der Waals surface area contributed by atoms with Gasteiger partial charge in [0.2, 0.25) is 0 Å². The molecule has 0 saturated carbocycles. The van der Waals surface area contributed by atoms with E-state index in [-0.39, 0.29) is 14.8 Å². The van der Waals surface area contributed by atoms with Crippen molar-refractivity contribution in [3.8, 4) is 0 Å². The van der Waals surface area contributed by atoms with Gasteiger partial charge in [0.15, 0.2) is 5.96 Å². The van der Waals surface area contributed by atoms with E-state index in [4.69, 9.17) is 11.5 Å². The Labute approximate surface area is 87.1 Å². The molecule has 0 radical (unpaired) electrons. The fraction of sp³-hybridized carbons (Fsp3) is 0.900. The molecule has 0 rings (SSSR count). The number of hydrogen-bond acceptors (Lipinski definition) is 1. The van der Waals surface area contributed by atoms with E-state index in [1.807, 2.05) is 27.7 Å². The SMILES string of the molecule is C.CC.CC.CCC.CN=C(N)N.[2HH]. The van der Waals surface area contributed by atoms with Gasteiger partial charge in [-0.2, -0.15) is 0 Å². The second-order valence-corrected chi connectivity index (χ2v) is 1.36. The van der Waals surface area contributed by atoms with Crippen LogP contribution in [0.2, 0.25) is 0 Å². The third-order valence-corrected chi connectivity index (χ3v) is 0.258. The zero-order chi connectivity index (χ0) is 11.0. The topological polar surface area (TPSA) is 64.4 Å². The van der Waals surface area contributed by atoms with E-state index in [0.29, 0.717) is 0 Å². The lowest BCUT2D eigenvalue weighted by Gasteiger charge is -1.77. The first-order chi connectivity index (χ1) is 5.68. The molecule has 3 heteroatoms. The van der Waals surface area contributed by atoms with Gasteiger partial charge in [-0.15, -0.1) is 0 Å². The van der Waals surface area contributed by atoms with Gasteiger partial charge in [-0.05, 0) is 0 Å². The van der Waals surface area contributed by atoms with Crippen LogP contribution in [0.15, 0.2) is 4.99 Å². The monoisotopic (exact) mass is 196 g/mol. The second kappa shape index (κ2) is 65.2. The summed E-state index contributed by atoms with van der Waals surface area (Å²) in [5, 5.41) is 0. The molecular weight excluding hydrogens is 162 g/mol. The van der Waals surface area contributed by atoms with Crippen molar-refractivity contribution in [3.63, 3.8) is 0 Å². The summed E-state index contributed by atoms with van der Waals surface area (Å²) in [4.78, 5) is 3.36. The van der Waals surface area contributed by atoms with Crippen LogP contribution in [-0.4, -0.2) is 13.0 Å². The highest BCUT2D eigenvalue weighted by molar-refractivity contribution is 5.75. The summed E-state index contributed by atoms with van der Waals surface area (Å²) < 4.78 is 0. The van der Waals surface area contributed by atoms with E-state index in [0.717, 1.165) is 0 Å². The fourth-order valence-electron chi connectivity index (χ4n) is 0. The highest BCUT2D eigenvalue weighted by Gasteiger charge is 1.61. The molecule has 0 unspecified atom stereocenters. The number of nitrogens with zero attached hydrogens (tertiary/aromatic N) is 1. The van der Waals surface area contributed by atoms with E-state index >= 15 is 0 Å². The Morgan fingerprint density at radius 3 is 1.15 bits per heavy atom. The van der Waals surface area contributed by atoms with Gasteiger partial charge in [-0.25, -0.2) is 0 Å². The summed E-state index contributed by atoms with van der Waals surface area (Å²) in [6.45, 7) is 12.2. The van der Waals surface area contributed by atoms with E-state index in [2.05, 4.69) is 18.8 Å². The molecule has 0 spiro atoms. The highest BCUT2D eigenvalue weighted by Crippen LogP contribution is 1.56.